The highest BCUT2D eigenvalue weighted by molar-refractivity contribution is 7.89. The Kier molecular flexibility index (Phi) is 5.02. The molecule has 1 aliphatic rings. The molecule has 0 saturated heterocycles. The summed E-state index contributed by atoms with van der Waals surface area (Å²) >= 11 is 11.6. The lowest BCUT2D eigenvalue weighted by atomic mass is 10.2. The van der Waals surface area contributed by atoms with Gasteiger partial charge in [0.05, 0.1) is 10.7 Å². The van der Waals surface area contributed by atoms with Crippen LogP contribution in [0.15, 0.2) is 41.3 Å². The number of anilines is 1. The van der Waals surface area contributed by atoms with Crippen molar-refractivity contribution in [3.8, 4) is 0 Å². The molecule has 0 heterocycles. The number of amides is 1. The van der Waals surface area contributed by atoms with Crippen LogP contribution in [-0.4, -0.2) is 20.4 Å². The Balaban J connectivity index is 1.87. The lowest BCUT2D eigenvalue weighted by molar-refractivity contribution is 0.102. The van der Waals surface area contributed by atoms with Gasteiger partial charge in [-0.05, 0) is 49.2 Å². The monoisotopic (exact) mass is 402 g/mol. The standard InChI is InChI=1S/C16H13Cl2FN2O3S/c17-10-2-6-14(13(19)8-10)20-16(22)9-1-5-12(18)15(7-9)25(23,24)21-11-3-4-11/h1-2,5-8,11,21H,3-4H2,(H,20,22). The first-order valence-corrected chi connectivity index (χ1v) is 9.58. The first-order valence-electron chi connectivity index (χ1n) is 7.34. The Morgan fingerprint density at radius 1 is 1.12 bits per heavy atom. The van der Waals surface area contributed by atoms with Gasteiger partial charge in [0.25, 0.3) is 5.91 Å². The number of hydrogen-bond donors (Lipinski definition) is 2. The Hall–Kier alpha value is -1.67. The molecule has 0 radical (unpaired) electrons. The molecule has 1 saturated carbocycles. The predicted molar refractivity (Wildman–Crippen MR) is 94.2 cm³/mol. The lowest BCUT2D eigenvalue weighted by Gasteiger charge is -2.10. The van der Waals surface area contributed by atoms with Crippen molar-refractivity contribution in [2.24, 2.45) is 0 Å². The zero-order chi connectivity index (χ0) is 18.2. The van der Waals surface area contributed by atoms with E-state index in [-0.39, 0.29) is 32.2 Å². The topological polar surface area (TPSA) is 75.3 Å². The molecule has 0 atom stereocenters. The molecule has 25 heavy (non-hydrogen) atoms. The van der Waals surface area contributed by atoms with Gasteiger partial charge in [0.2, 0.25) is 10.0 Å². The average Bonchev–Trinajstić information content (AvgIpc) is 3.33. The van der Waals surface area contributed by atoms with Crippen LogP contribution >= 0.6 is 23.2 Å². The fourth-order valence-electron chi connectivity index (χ4n) is 2.12. The van der Waals surface area contributed by atoms with E-state index in [1.807, 2.05) is 0 Å². The molecule has 1 amide bonds. The molecule has 9 heteroatoms. The minimum Gasteiger partial charge on any atom is -0.319 e. The van der Waals surface area contributed by atoms with E-state index in [9.17, 15) is 17.6 Å². The second-order valence-electron chi connectivity index (χ2n) is 5.62. The highest BCUT2D eigenvalue weighted by atomic mass is 35.5. The van der Waals surface area contributed by atoms with Crippen LogP contribution in [0.1, 0.15) is 23.2 Å². The van der Waals surface area contributed by atoms with Gasteiger partial charge in [0.15, 0.2) is 0 Å². The van der Waals surface area contributed by atoms with Crippen molar-refractivity contribution < 1.29 is 17.6 Å². The van der Waals surface area contributed by atoms with Gasteiger partial charge in [0.1, 0.15) is 10.7 Å². The number of hydrogen-bond acceptors (Lipinski definition) is 3. The molecular weight excluding hydrogens is 390 g/mol. The summed E-state index contributed by atoms with van der Waals surface area (Å²) in [5.74, 6) is -1.36. The average molecular weight is 403 g/mol. The first-order chi connectivity index (χ1) is 11.8. The number of nitrogens with one attached hydrogen (secondary N) is 2. The molecule has 1 fully saturated rings. The Bertz CT molecular complexity index is 946. The van der Waals surface area contributed by atoms with Crippen LogP contribution in [0.4, 0.5) is 10.1 Å². The largest absolute Gasteiger partial charge is 0.319 e. The molecule has 2 aromatic rings. The van der Waals surface area contributed by atoms with E-state index in [4.69, 9.17) is 23.2 Å². The molecular formula is C16H13Cl2FN2O3S. The third-order valence-electron chi connectivity index (χ3n) is 3.56. The third-order valence-corrected chi connectivity index (χ3v) is 5.80. The molecule has 0 aromatic heterocycles. The number of rotatable bonds is 5. The zero-order valence-corrected chi connectivity index (χ0v) is 15.1. The molecule has 0 bridgehead atoms. The van der Waals surface area contributed by atoms with Crippen LogP contribution in [0.3, 0.4) is 0 Å². The number of benzene rings is 2. The fraction of sp³-hybridized carbons (Fsp3) is 0.188. The maximum absolute atomic E-state index is 13.8. The summed E-state index contributed by atoms with van der Waals surface area (Å²) in [6.07, 6.45) is 1.54. The summed E-state index contributed by atoms with van der Waals surface area (Å²) in [4.78, 5) is 12.1. The summed E-state index contributed by atoms with van der Waals surface area (Å²) in [6.45, 7) is 0. The number of sulfonamides is 1. The summed E-state index contributed by atoms with van der Waals surface area (Å²) in [7, 11) is -3.82. The highest BCUT2D eigenvalue weighted by Crippen LogP contribution is 2.27. The van der Waals surface area contributed by atoms with Gasteiger partial charge in [-0.3, -0.25) is 4.79 Å². The summed E-state index contributed by atoms with van der Waals surface area (Å²) in [5, 5.41) is 2.57. The van der Waals surface area contributed by atoms with Crippen molar-refractivity contribution in [1.82, 2.24) is 4.72 Å². The molecule has 0 spiro atoms. The van der Waals surface area contributed by atoms with Crippen LogP contribution in [0.2, 0.25) is 10.0 Å². The van der Waals surface area contributed by atoms with Crippen molar-refractivity contribution in [2.75, 3.05) is 5.32 Å². The molecule has 0 unspecified atom stereocenters. The lowest BCUT2D eigenvalue weighted by Crippen LogP contribution is -2.26. The second kappa shape index (κ2) is 6.92. The Morgan fingerprint density at radius 2 is 1.84 bits per heavy atom. The SMILES string of the molecule is O=C(Nc1ccc(Cl)cc1F)c1ccc(Cl)c(S(=O)(=O)NC2CC2)c1. The van der Waals surface area contributed by atoms with Crippen LogP contribution in [0, 0.1) is 5.82 Å². The molecule has 132 valence electrons. The smallest absolute Gasteiger partial charge is 0.255 e. The minimum atomic E-state index is -3.82. The third kappa shape index (κ3) is 4.30. The van der Waals surface area contributed by atoms with Crippen molar-refractivity contribution in [1.29, 1.82) is 0 Å². The molecule has 1 aliphatic carbocycles. The van der Waals surface area contributed by atoms with Gasteiger partial charge in [-0.25, -0.2) is 17.5 Å². The molecule has 2 N–H and O–H groups in total. The van der Waals surface area contributed by atoms with E-state index in [1.54, 1.807) is 0 Å². The molecule has 0 aliphatic heterocycles. The number of carbonyl (C=O) groups excluding carboxylic acids is 1. The summed E-state index contributed by atoms with van der Waals surface area (Å²) in [5.41, 5.74) is -0.0280. The first kappa shape index (κ1) is 18.1. The van der Waals surface area contributed by atoms with Gasteiger partial charge in [-0.1, -0.05) is 23.2 Å². The van der Waals surface area contributed by atoms with Gasteiger partial charge in [0, 0.05) is 16.6 Å². The van der Waals surface area contributed by atoms with E-state index in [2.05, 4.69) is 10.0 Å². The van der Waals surface area contributed by atoms with Crippen LogP contribution in [0.25, 0.3) is 0 Å². The van der Waals surface area contributed by atoms with Crippen molar-refractivity contribution in [3.63, 3.8) is 0 Å². The Labute approximate surface area is 154 Å². The second-order valence-corrected chi connectivity index (χ2v) is 8.15. The number of carbonyl (C=O) groups is 1. The van der Waals surface area contributed by atoms with E-state index >= 15 is 0 Å². The van der Waals surface area contributed by atoms with Gasteiger partial charge < -0.3 is 5.32 Å². The predicted octanol–water partition coefficient (Wildman–Crippen LogP) is 3.83. The summed E-state index contributed by atoms with van der Waals surface area (Å²) in [6, 6.07) is 7.55. The van der Waals surface area contributed by atoms with E-state index in [1.165, 1.54) is 24.3 Å². The van der Waals surface area contributed by atoms with Crippen LogP contribution in [0.5, 0.6) is 0 Å². The van der Waals surface area contributed by atoms with E-state index in [0.717, 1.165) is 25.0 Å². The van der Waals surface area contributed by atoms with Gasteiger partial charge >= 0.3 is 0 Å². The van der Waals surface area contributed by atoms with Crippen LogP contribution in [-0.2, 0) is 10.0 Å². The molecule has 5 nitrogen and oxygen atoms in total. The summed E-state index contributed by atoms with van der Waals surface area (Å²) < 4.78 is 40.9. The Morgan fingerprint density at radius 3 is 2.48 bits per heavy atom. The van der Waals surface area contributed by atoms with Crippen molar-refractivity contribution in [3.05, 3.63) is 57.8 Å². The maximum atomic E-state index is 13.8. The van der Waals surface area contributed by atoms with Gasteiger partial charge in [-0.2, -0.15) is 0 Å². The van der Waals surface area contributed by atoms with Crippen LogP contribution < -0.4 is 10.0 Å². The number of halogens is 3. The molecule has 3 rings (SSSR count). The highest BCUT2D eigenvalue weighted by Gasteiger charge is 2.29. The zero-order valence-electron chi connectivity index (χ0n) is 12.7. The van der Waals surface area contributed by atoms with Gasteiger partial charge in [-0.15, -0.1) is 0 Å². The van der Waals surface area contributed by atoms with E-state index in [0.29, 0.717) is 0 Å². The van der Waals surface area contributed by atoms with E-state index < -0.39 is 21.7 Å². The van der Waals surface area contributed by atoms with Crippen molar-refractivity contribution in [2.45, 2.75) is 23.8 Å². The normalized spacial score (nSPS) is 14.4. The molecule has 2 aromatic carbocycles. The van der Waals surface area contributed by atoms with Crippen molar-refractivity contribution >= 4 is 44.8 Å². The quantitative estimate of drug-likeness (QED) is 0.797. The fourth-order valence-corrected chi connectivity index (χ4v) is 4.11. The maximum Gasteiger partial charge on any atom is 0.255 e. The minimum absolute atomic E-state index is 0.00220.